The highest BCUT2D eigenvalue weighted by molar-refractivity contribution is 6.06. The molecule has 1 aromatic carbocycles. The molecule has 0 atom stereocenters. The second kappa shape index (κ2) is 9.12. The number of imide groups is 1. The number of rotatable bonds is 6. The van der Waals surface area contributed by atoms with Crippen LogP contribution in [0.2, 0.25) is 0 Å². The topological polar surface area (TPSA) is 81.7 Å². The second-order valence-corrected chi connectivity index (χ2v) is 4.07. The Morgan fingerprint density at radius 1 is 1.18 bits per heavy atom. The molecule has 0 bridgehead atoms. The molecule has 116 valence electrons. The standard InChI is InChI=1S/C16H17NO5/c1-3-4-5-10-15(19)22-11-14(18)17-16(20)12-8-6-7-9-13(12)21-2/h3-10H,11H2,1-2H3,(H,17,18,20). The van der Waals surface area contributed by atoms with Crippen LogP contribution in [0, 0.1) is 0 Å². The molecule has 1 N–H and O–H groups in total. The second-order valence-electron chi connectivity index (χ2n) is 4.07. The third-order valence-electron chi connectivity index (χ3n) is 2.49. The molecule has 0 aliphatic rings. The molecule has 22 heavy (non-hydrogen) atoms. The zero-order valence-corrected chi connectivity index (χ0v) is 12.4. The van der Waals surface area contributed by atoms with Crippen LogP contribution >= 0.6 is 0 Å². The smallest absolute Gasteiger partial charge is 0.331 e. The van der Waals surface area contributed by atoms with Gasteiger partial charge in [-0.25, -0.2) is 4.79 Å². The molecule has 6 nitrogen and oxygen atoms in total. The van der Waals surface area contributed by atoms with Crippen LogP contribution in [0.25, 0.3) is 0 Å². The molecule has 0 aliphatic carbocycles. The first-order chi connectivity index (χ1) is 10.6. The van der Waals surface area contributed by atoms with E-state index in [9.17, 15) is 14.4 Å². The van der Waals surface area contributed by atoms with E-state index in [2.05, 4.69) is 10.1 Å². The van der Waals surface area contributed by atoms with Gasteiger partial charge in [0.05, 0.1) is 12.7 Å². The molecular formula is C16H17NO5. The summed E-state index contributed by atoms with van der Waals surface area (Å²) in [4.78, 5) is 34.7. The third-order valence-corrected chi connectivity index (χ3v) is 2.49. The number of carbonyl (C=O) groups is 3. The van der Waals surface area contributed by atoms with Gasteiger partial charge in [-0.1, -0.05) is 30.4 Å². The number of esters is 1. The molecule has 1 aromatic rings. The van der Waals surface area contributed by atoms with E-state index in [1.807, 2.05) is 0 Å². The number of hydrogen-bond donors (Lipinski definition) is 1. The average molecular weight is 303 g/mol. The lowest BCUT2D eigenvalue weighted by Gasteiger charge is -2.08. The molecule has 0 aliphatic heterocycles. The summed E-state index contributed by atoms with van der Waals surface area (Å²) in [7, 11) is 1.42. The zero-order chi connectivity index (χ0) is 16.4. The van der Waals surface area contributed by atoms with E-state index in [0.717, 1.165) is 0 Å². The molecule has 0 aromatic heterocycles. The first kappa shape index (κ1) is 17.2. The number of hydrogen-bond acceptors (Lipinski definition) is 5. The van der Waals surface area contributed by atoms with E-state index < -0.39 is 24.4 Å². The molecule has 2 amide bonds. The van der Waals surface area contributed by atoms with Crippen molar-refractivity contribution >= 4 is 17.8 Å². The Hall–Kier alpha value is -2.89. The van der Waals surface area contributed by atoms with E-state index in [1.165, 1.54) is 25.3 Å². The number of benzene rings is 1. The van der Waals surface area contributed by atoms with E-state index in [1.54, 1.807) is 37.3 Å². The van der Waals surface area contributed by atoms with Gasteiger partial charge in [0, 0.05) is 6.08 Å². The summed E-state index contributed by atoms with van der Waals surface area (Å²) in [5.41, 5.74) is 0.220. The molecular weight excluding hydrogens is 286 g/mol. The van der Waals surface area contributed by atoms with Gasteiger partial charge in [0.1, 0.15) is 5.75 Å². The maximum Gasteiger partial charge on any atom is 0.331 e. The fourth-order valence-corrected chi connectivity index (χ4v) is 1.49. The molecule has 0 radical (unpaired) electrons. The van der Waals surface area contributed by atoms with Crippen LogP contribution in [0.1, 0.15) is 17.3 Å². The quantitative estimate of drug-likeness (QED) is 0.491. The van der Waals surface area contributed by atoms with Gasteiger partial charge in [0.25, 0.3) is 11.8 Å². The number of ether oxygens (including phenoxy) is 2. The van der Waals surface area contributed by atoms with Crippen LogP contribution < -0.4 is 10.1 Å². The fraction of sp³-hybridized carbons (Fsp3) is 0.188. The number of nitrogens with one attached hydrogen (secondary N) is 1. The van der Waals surface area contributed by atoms with Crippen LogP contribution in [0.4, 0.5) is 0 Å². The Morgan fingerprint density at radius 3 is 2.59 bits per heavy atom. The van der Waals surface area contributed by atoms with Gasteiger partial charge in [0.15, 0.2) is 6.61 Å². The highest BCUT2D eigenvalue weighted by atomic mass is 16.5. The lowest BCUT2D eigenvalue weighted by atomic mass is 10.2. The first-order valence-electron chi connectivity index (χ1n) is 6.51. The summed E-state index contributed by atoms with van der Waals surface area (Å²) in [6.07, 6.45) is 6.05. The van der Waals surface area contributed by atoms with Crippen molar-refractivity contribution in [3.05, 3.63) is 54.1 Å². The van der Waals surface area contributed by atoms with Crippen molar-refractivity contribution in [1.29, 1.82) is 0 Å². The van der Waals surface area contributed by atoms with Gasteiger partial charge in [0.2, 0.25) is 0 Å². The minimum Gasteiger partial charge on any atom is -0.496 e. The first-order valence-corrected chi connectivity index (χ1v) is 6.51. The van der Waals surface area contributed by atoms with Gasteiger partial charge < -0.3 is 9.47 Å². The normalized spacial score (nSPS) is 10.6. The van der Waals surface area contributed by atoms with E-state index in [-0.39, 0.29) is 5.56 Å². The maximum atomic E-state index is 11.9. The van der Waals surface area contributed by atoms with Crippen molar-refractivity contribution < 1.29 is 23.9 Å². The van der Waals surface area contributed by atoms with E-state index in [0.29, 0.717) is 5.75 Å². The minimum absolute atomic E-state index is 0.220. The molecule has 0 fully saturated rings. The number of allylic oxidation sites excluding steroid dienone is 3. The summed E-state index contributed by atoms with van der Waals surface area (Å²) in [6, 6.07) is 6.48. The van der Waals surface area contributed by atoms with Crippen molar-refractivity contribution in [2.75, 3.05) is 13.7 Å². The Bertz CT molecular complexity index is 604. The van der Waals surface area contributed by atoms with Crippen molar-refractivity contribution in [3.63, 3.8) is 0 Å². The van der Waals surface area contributed by atoms with Gasteiger partial charge in [-0.2, -0.15) is 0 Å². The largest absolute Gasteiger partial charge is 0.496 e. The summed E-state index contributed by atoms with van der Waals surface area (Å²) < 4.78 is 9.72. The minimum atomic E-state index is -0.719. The van der Waals surface area contributed by atoms with Crippen LogP contribution in [-0.4, -0.2) is 31.5 Å². The summed E-state index contributed by atoms with van der Waals surface area (Å²) in [5.74, 6) is -1.66. The average Bonchev–Trinajstić information content (AvgIpc) is 2.53. The fourth-order valence-electron chi connectivity index (χ4n) is 1.49. The van der Waals surface area contributed by atoms with Gasteiger partial charge in [-0.3, -0.25) is 14.9 Å². The Kier molecular flexibility index (Phi) is 7.12. The van der Waals surface area contributed by atoms with Crippen molar-refractivity contribution in [2.24, 2.45) is 0 Å². The zero-order valence-electron chi connectivity index (χ0n) is 12.4. The van der Waals surface area contributed by atoms with Crippen LogP contribution in [-0.2, 0) is 14.3 Å². The Balaban J connectivity index is 2.51. The molecule has 0 saturated carbocycles. The van der Waals surface area contributed by atoms with Crippen LogP contribution in [0.3, 0.4) is 0 Å². The van der Waals surface area contributed by atoms with Gasteiger partial charge >= 0.3 is 5.97 Å². The lowest BCUT2D eigenvalue weighted by Crippen LogP contribution is -2.34. The monoisotopic (exact) mass is 303 g/mol. The van der Waals surface area contributed by atoms with E-state index in [4.69, 9.17) is 4.74 Å². The molecule has 0 unspecified atom stereocenters. The number of amides is 2. The highest BCUT2D eigenvalue weighted by Crippen LogP contribution is 2.16. The Morgan fingerprint density at radius 2 is 1.91 bits per heavy atom. The molecule has 0 saturated heterocycles. The van der Waals surface area contributed by atoms with Crippen molar-refractivity contribution in [3.8, 4) is 5.75 Å². The summed E-state index contributed by atoms with van der Waals surface area (Å²) in [6.45, 7) is 1.26. The predicted octanol–water partition coefficient (Wildman–Crippen LogP) is 1.63. The van der Waals surface area contributed by atoms with Crippen LogP contribution in [0.15, 0.2) is 48.6 Å². The van der Waals surface area contributed by atoms with Crippen molar-refractivity contribution in [2.45, 2.75) is 6.92 Å². The lowest BCUT2D eigenvalue weighted by molar-refractivity contribution is -0.143. The molecule has 0 spiro atoms. The van der Waals surface area contributed by atoms with E-state index >= 15 is 0 Å². The predicted molar refractivity (Wildman–Crippen MR) is 80.4 cm³/mol. The highest BCUT2D eigenvalue weighted by Gasteiger charge is 2.15. The summed E-state index contributed by atoms with van der Waals surface area (Å²) >= 11 is 0. The van der Waals surface area contributed by atoms with Gasteiger partial charge in [-0.15, -0.1) is 0 Å². The van der Waals surface area contributed by atoms with Crippen molar-refractivity contribution in [1.82, 2.24) is 5.32 Å². The maximum absolute atomic E-state index is 11.9. The molecule has 0 heterocycles. The third kappa shape index (κ3) is 5.62. The number of carbonyl (C=O) groups excluding carboxylic acids is 3. The van der Waals surface area contributed by atoms with Crippen LogP contribution in [0.5, 0.6) is 5.75 Å². The SMILES string of the molecule is CC=CC=CC(=O)OCC(=O)NC(=O)c1ccccc1OC. The molecule has 1 rings (SSSR count). The van der Waals surface area contributed by atoms with Gasteiger partial charge in [-0.05, 0) is 19.1 Å². The Labute approximate surface area is 128 Å². The number of para-hydroxylation sites is 1. The molecule has 6 heteroatoms. The summed E-state index contributed by atoms with van der Waals surface area (Å²) in [5, 5.41) is 2.12. The number of methoxy groups -OCH3 is 1.